The molecule has 324 valence electrons. The van der Waals surface area contributed by atoms with Crippen LogP contribution in [0.5, 0.6) is 0 Å². The Morgan fingerprint density at radius 3 is 1.87 bits per heavy atom. The fourth-order valence-corrected chi connectivity index (χ4v) is 11.6. The van der Waals surface area contributed by atoms with Crippen molar-refractivity contribution in [2.75, 3.05) is 4.90 Å². The molecule has 0 bridgehead atoms. The summed E-state index contributed by atoms with van der Waals surface area (Å²) in [6.45, 7) is 7.08. The van der Waals surface area contributed by atoms with E-state index in [0.717, 1.165) is 23.5 Å². The molecule has 2 heteroatoms. The van der Waals surface area contributed by atoms with Gasteiger partial charge in [0.2, 0.25) is 0 Å². The predicted octanol–water partition coefficient (Wildman–Crippen LogP) is 18.0. The molecule has 1 heterocycles. The molecule has 2 aliphatic rings. The van der Waals surface area contributed by atoms with Gasteiger partial charge in [-0.05, 0) is 163 Å². The van der Waals surface area contributed by atoms with Gasteiger partial charge in [0.15, 0.2) is 0 Å². The van der Waals surface area contributed by atoms with E-state index in [1.165, 1.54) is 105 Å². The minimum Gasteiger partial charge on any atom is -0.310 e. The number of allylic oxidation sites excluding steroid dienone is 1. The van der Waals surface area contributed by atoms with Gasteiger partial charge < -0.3 is 9.47 Å². The number of benzene rings is 10. The maximum Gasteiger partial charge on any atom is 0.0541 e. The average molecular weight is 871 g/mol. The highest BCUT2D eigenvalue weighted by Gasteiger charge is 2.35. The van der Waals surface area contributed by atoms with Crippen molar-refractivity contribution in [1.82, 2.24) is 4.57 Å². The summed E-state index contributed by atoms with van der Waals surface area (Å²) >= 11 is 0. The highest BCUT2D eigenvalue weighted by atomic mass is 15.1. The first-order valence-corrected chi connectivity index (χ1v) is 24.1. The average Bonchev–Trinajstić information content (AvgIpc) is 3.84. The van der Waals surface area contributed by atoms with Gasteiger partial charge in [0.1, 0.15) is 0 Å². The molecular formula is C66H50N2. The van der Waals surface area contributed by atoms with E-state index in [-0.39, 0.29) is 5.41 Å². The number of hydrogen-bond acceptors (Lipinski definition) is 1. The lowest BCUT2D eigenvalue weighted by atomic mass is 9.79. The van der Waals surface area contributed by atoms with Crippen molar-refractivity contribution < 1.29 is 0 Å². The summed E-state index contributed by atoms with van der Waals surface area (Å²) in [6.07, 6.45) is 3.47. The minimum atomic E-state index is -0.0544. The van der Waals surface area contributed by atoms with Crippen LogP contribution in [0.3, 0.4) is 0 Å². The molecule has 0 saturated heterocycles. The van der Waals surface area contributed by atoms with E-state index in [2.05, 4.69) is 261 Å². The van der Waals surface area contributed by atoms with Crippen LogP contribution in [0.1, 0.15) is 60.9 Å². The molecule has 0 fully saturated rings. The number of aromatic nitrogens is 1. The van der Waals surface area contributed by atoms with Crippen molar-refractivity contribution in [2.45, 2.75) is 38.5 Å². The summed E-state index contributed by atoms with van der Waals surface area (Å²) in [5, 5.41) is 5.17. The van der Waals surface area contributed by atoms with Gasteiger partial charge in [-0.25, -0.2) is 0 Å². The Labute approximate surface area is 398 Å². The van der Waals surface area contributed by atoms with Crippen molar-refractivity contribution in [3.05, 3.63) is 258 Å². The van der Waals surface area contributed by atoms with E-state index in [9.17, 15) is 0 Å². The van der Waals surface area contributed by atoms with Crippen LogP contribution < -0.4 is 4.90 Å². The molecule has 11 aromatic rings. The second-order valence-electron chi connectivity index (χ2n) is 19.3. The summed E-state index contributed by atoms with van der Waals surface area (Å²) in [4.78, 5) is 2.41. The van der Waals surface area contributed by atoms with Crippen LogP contribution in [0.25, 0.3) is 77.2 Å². The van der Waals surface area contributed by atoms with Gasteiger partial charge in [-0.1, -0.05) is 179 Å². The van der Waals surface area contributed by atoms with Crippen LogP contribution in [0.15, 0.2) is 231 Å². The predicted molar refractivity (Wildman–Crippen MR) is 288 cm³/mol. The molecule has 0 spiro atoms. The van der Waals surface area contributed by atoms with Gasteiger partial charge in [-0.2, -0.15) is 0 Å². The normalized spacial score (nSPS) is 14.7. The lowest BCUT2D eigenvalue weighted by molar-refractivity contribution is 0.660. The smallest absolute Gasteiger partial charge is 0.0541 e. The monoisotopic (exact) mass is 870 g/mol. The van der Waals surface area contributed by atoms with Crippen molar-refractivity contribution in [3.63, 3.8) is 0 Å². The largest absolute Gasteiger partial charge is 0.310 e. The van der Waals surface area contributed by atoms with Crippen molar-refractivity contribution in [3.8, 4) is 39.1 Å². The highest BCUT2D eigenvalue weighted by molar-refractivity contribution is 6.10. The Bertz CT molecular complexity index is 3790. The number of nitrogens with zero attached hydrogens (tertiary/aromatic N) is 2. The first-order chi connectivity index (χ1) is 33.4. The van der Waals surface area contributed by atoms with Crippen LogP contribution in [0, 0.1) is 0 Å². The molecule has 0 amide bonds. The zero-order valence-electron chi connectivity index (χ0n) is 38.6. The molecule has 1 atom stereocenters. The standard InChI is InChI=1S/C66H50N2/c1-43-24-36-54(59-38-29-45-14-7-8-19-55(45)65(43)59)46-27-34-52(35-28-46)67(51-32-25-44(26-33-51)49-30-37-57-56-20-9-11-22-61(56)66(2,3)62(57)42-49)53-18-13-15-47(40-53)48-31-39-64-60(41-48)58-21-10-12-23-63(58)68(64)50-16-5-4-6-17-50/h4-23,25-43H,24H2,1-3H3. The number of rotatable bonds is 7. The van der Waals surface area contributed by atoms with Gasteiger partial charge in [-0.3, -0.25) is 0 Å². The van der Waals surface area contributed by atoms with E-state index in [0.29, 0.717) is 5.92 Å². The van der Waals surface area contributed by atoms with Crippen LogP contribution in [-0.2, 0) is 5.41 Å². The lowest BCUT2D eigenvalue weighted by Gasteiger charge is -2.28. The second kappa shape index (κ2) is 15.7. The summed E-state index contributed by atoms with van der Waals surface area (Å²) in [7, 11) is 0. The van der Waals surface area contributed by atoms with Gasteiger partial charge >= 0.3 is 0 Å². The summed E-state index contributed by atoms with van der Waals surface area (Å²) in [5.41, 5.74) is 22.5. The molecule has 0 N–H and O–H groups in total. The lowest BCUT2D eigenvalue weighted by Crippen LogP contribution is -2.14. The molecule has 0 aliphatic heterocycles. The van der Waals surface area contributed by atoms with Crippen molar-refractivity contribution >= 4 is 55.2 Å². The Morgan fingerprint density at radius 1 is 0.426 bits per heavy atom. The Kier molecular flexibility index (Phi) is 9.27. The maximum atomic E-state index is 2.45. The Hall–Kier alpha value is -8.20. The van der Waals surface area contributed by atoms with Gasteiger partial charge in [0, 0.05) is 38.9 Å². The molecule has 2 nitrogen and oxygen atoms in total. The third kappa shape index (κ3) is 6.39. The van der Waals surface area contributed by atoms with E-state index in [1.54, 1.807) is 0 Å². The maximum absolute atomic E-state index is 2.45. The van der Waals surface area contributed by atoms with Gasteiger partial charge in [-0.15, -0.1) is 0 Å². The Balaban J connectivity index is 0.905. The van der Waals surface area contributed by atoms with E-state index >= 15 is 0 Å². The zero-order chi connectivity index (χ0) is 45.5. The SMILES string of the molecule is CC1CC=C(c2ccc(N(c3ccc(-c4ccc5c(c4)C(C)(C)c4ccccc4-5)cc3)c3cccc(-c4ccc5c(c4)c4ccccc4n5-c4ccccc4)c3)cc2)c2ccc3ccccc3c21. The van der Waals surface area contributed by atoms with Crippen LogP contribution >= 0.6 is 0 Å². The molecule has 68 heavy (non-hydrogen) atoms. The molecule has 1 aromatic heterocycles. The first-order valence-electron chi connectivity index (χ1n) is 24.1. The summed E-state index contributed by atoms with van der Waals surface area (Å²) < 4.78 is 2.38. The Morgan fingerprint density at radius 2 is 1.04 bits per heavy atom. The summed E-state index contributed by atoms with van der Waals surface area (Å²) in [6, 6.07) is 83.3. The molecule has 2 aliphatic carbocycles. The van der Waals surface area contributed by atoms with Crippen LogP contribution in [0.2, 0.25) is 0 Å². The van der Waals surface area contributed by atoms with Crippen molar-refractivity contribution in [1.29, 1.82) is 0 Å². The van der Waals surface area contributed by atoms with Crippen LogP contribution in [0.4, 0.5) is 17.1 Å². The zero-order valence-corrected chi connectivity index (χ0v) is 38.6. The molecule has 10 aromatic carbocycles. The number of para-hydroxylation sites is 2. The number of fused-ring (bicyclic) bond motifs is 9. The fourth-order valence-electron chi connectivity index (χ4n) is 11.6. The third-order valence-corrected chi connectivity index (χ3v) is 15.0. The molecule has 0 saturated carbocycles. The second-order valence-corrected chi connectivity index (χ2v) is 19.3. The van der Waals surface area contributed by atoms with Gasteiger partial charge in [0.25, 0.3) is 0 Å². The molecule has 13 rings (SSSR count). The first kappa shape index (κ1) is 40.1. The van der Waals surface area contributed by atoms with Gasteiger partial charge in [0.05, 0.1) is 11.0 Å². The van der Waals surface area contributed by atoms with Crippen molar-refractivity contribution in [2.24, 2.45) is 0 Å². The third-order valence-electron chi connectivity index (χ3n) is 15.0. The minimum absolute atomic E-state index is 0.0544. The molecule has 1 unspecified atom stereocenters. The molecular weight excluding hydrogens is 821 g/mol. The van der Waals surface area contributed by atoms with E-state index in [1.807, 2.05) is 0 Å². The fraction of sp³-hybridized carbons (Fsp3) is 0.0909. The molecule has 0 radical (unpaired) electrons. The van der Waals surface area contributed by atoms with E-state index < -0.39 is 0 Å². The quantitative estimate of drug-likeness (QED) is 0.155. The summed E-state index contributed by atoms with van der Waals surface area (Å²) in [5.74, 6) is 0.465. The highest BCUT2D eigenvalue weighted by Crippen LogP contribution is 2.50. The van der Waals surface area contributed by atoms with Crippen LogP contribution in [-0.4, -0.2) is 4.57 Å². The topological polar surface area (TPSA) is 8.17 Å². The number of hydrogen-bond donors (Lipinski definition) is 0. The van der Waals surface area contributed by atoms with E-state index in [4.69, 9.17) is 0 Å². The number of anilines is 3.